The van der Waals surface area contributed by atoms with Crippen molar-refractivity contribution < 1.29 is 9.90 Å². The Kier molecular flexibility index (Phi) is 7.29. The van der Waals surface area contributed by atoms with Crippen LogP contribution in [0.3, 0.4) is 0 Å². The summed E-state index contributed by atoms with van der Waals surface area (Å²) in [4.78, 5) is 18.5. The number of nitrogens with zero attached hydrogens (tertiary/aromatic N) is 3. The third-order valence-corrected chi connectivity index (χ3v) is 4.93. The summed E-state index contributed by atoms with van der Waals surface area (Å²) in [6.07, 6.45) is 0.0728. The molecule has 2 unspecified atom stereocenters. The molecule has 0 radical (unpaired) electrons. The molecule has 1 heterocycles. The first kappa shape index (κ1) is 19.4. The molecule has 0 spiro atoms. The van der Waals surface area contributed by atoms with E-state index in [1.54, 1.807) is 11.9 Å². The number of aliphatic hydroxyl groups is 1. The number of amides is 1. The second kappa shape index (κ2) is 8.27. The third-order valence-electron chi connectivity index (χ3n) is 4.93. The van der Waals surface area contributed by atoms with Crippen molar-refractivity contribution in [2.45, 2.75) is 40.2 Å². The molecule has 5 heteroatoms. The molecule has 0 aliphatic carbocycles. The summed E-state index contributed by atoms with van der Waals surface area (Å²) >= 11 is 0. The van der Waals surface area contributed by atoms with Crippen LogP contribution in [-0.4, -0.2) is 85.2 Å². The molecular weight excluding hydrogens is 278 g/mol. The van der Waals surface area contributed by atoms with Crippen molar-refractivity contribution in [3.8, 4) is 0 Å². The summed E-state index contributed by atoms with van der Waals surface area (Å²) in [6, 6.07) is 0. The maximum atomic E-state index is 12.3. The summed E-state index contributed by atoms with van der Waals surface area (Å²) < 4.78 is 0. The van der Waals surface area contributed by atoms with Gasteiger partial charge in [-0.2, -0.15) is 0 Å². The molecule has 1 saturated heterocycles. The van der Waals surface area contributed by atoms with Gasteiger partial charge in [0, 0.05) is 52.7 Å². The molecule has 1 aliphatic heterocycles. The fourth-order valence-corrected chi connectivity index (χ4v) is 2.53. The van der Waals surface area contributed by atoms with E-state index in [2.05, 4.69) is 44.5 Å². The molecule has 0 saturated carbocycles. The predicted molar refractivity (Wildman–Crippen MR) is 90.8 cm³/mol. The van der Waals surface area contributed by atoms with Crippen molar-refractivity contribution in [3.05, 3.63) is 0 Å². The predicted octanol–water partition coefficient (Wildman–Crippen LogP) is 1.13. The van der Waals surface area contributed by atoms with Gasteiger partial charge in [0.1, 0.15) is 0 Å². The van der Waals surface area contributed by atoms with E-state index in [-0.39, 0.29) is 11.3 Å². The lowest BCUT2D eigenvalue weighted by Gasteiger charge is -2.34. The molecule has 1 aliphatic rings. The Morgan fingerprint density at radius 2 is 1.77 bits per heavy atom. The number of piperazine rings is 1. The van der Waals surface area contributed by atoms with Crippen molar-refractivity contribution in [3.63, 3.8) is 0 Å². The Morgan fingerprint density at radius 1 is 1.23 bits per heavy atom. The Hall–Kier alpha value is -0.650. The SMILES string of the molecule is CC(CC(=O)N(C)CC(O)CN1CCN(C)CC1)C(C)(C)C. The van der Waals surface area contributed by atoms with E-state index in [4.69, 9.17) is 0 Å². The molecule has 1 amide bonds. The van der Waals surface area contributed by atoms with Crippen LogP contribution in [0.15, 0.2) is 0 Å². The fraction of sp³-hybridized carbons (Fsp3) is 0.941. The summed E-state index contributed by atoms with van der Waals surface area (Å²) in [7, 11) is 3.92. The first-order valence-corrected chi connectivity index (χ1v) is 8.42. The molecule has 2 atom stereocenters. The lowest BCUT2D eigenvalue weighted by atomic mass is 9.80. The number of hydrogen-bond donors (Lipinski definition) is 1. The van der Waals surface area contributed by atoms with Gasteiger partial charge in [-0.1, -0.05) is 27.7 Å². The van der Waals surface area contributed by atoms with Crippen LogP contribution in [0, 0.1) is 11.3 Å². The number of carbonyl (C=O) groups is 1. The lowest BCUT2D eigenvalue weighted by molar-refractivity contribution is -0.133. The van der Waals surface area contributed by atoms with E-state index in [0.717, 1.165) is 26.2 Å². The molecule has 0 aromatic rings. The van der Waals surface area contributed by atoms with Crippen LogP contribution >= 0.6 is 0 Å². The second-order valence-electron chi connectivity index (χ2n) is 8.00. The summed E-state index contributed by atoms with van der Waals surface area (Å²) in [5.74, 6) is 0.456. The zero-order valence-corrected chi connectivity index (χ0v) is 15.3. The van der Waals surface area contributed by atoms with Gasteiger partial charge in [-0.05, 0) is 18.4 Å². The van der Waals surface area contributed by atoms with Crippen LogP contribution in [0.2, 0.25) is 0 Å². The highest BCUT2D eigenvalue weighted by atomic mass is 16.3. The maximum Gasteiger partial charge on any atom is 0.222 e. The van der Waals surface area contributed by atoms with E-state index in [9.17, 15) is 9.90 Å². The van der Waals surface area contributed by atoms with Gasteiger partial charge in [-0.15, -0.1) is 0 Å². The average molecular weight is 313 g/mol. The second-order valence-corrected chi connectivity index (χ2v) is 8.00. The number of hydrogen-bond acceptors (Lipinski definition) is 4. The summed E-state index contributed by atoms with van der Waals surface area (Å²) in [5.41, 5.74) is 0.134. The van der Waals surface area contributed by atoms with Gasteiger partial charge in [0.05, 0.1) is 6.10 Å². The van der Waals surface area contributed by atoms with Gasteiger partial charge >= 0.3 is 0 Å². The van der Waals surface area contributed by atoms with Crippen molar-refractivity contribution in [1.82, 2.24) is 14.7 Å². The quantitative estimate of drug-likeness (QED) is 0.798. The van der Waals surface area contributed by atoms with Gasteiger partial charge in [-0.25, -0.2) is 0 Å². The molecule has 1 N–H and O–H groups in total. The number of likely N-dealkylation sites (N-methyl/N-ethyl adjacent to an activating group) is 2. The highest BCUT2D eigenvalue weighted by Gasteiger charge is 2.25. The Balaban J connectivity index is 2.33. The molecule has 0 aromatic carbocycles. The zero-order valence-electron chi connectivity index (χ0n) is 15.3. The van der Waals surface area contributed by atoms with Crippen LogP contribution in [0.1, 0.15) is 34.1 Å². The standard InChI is InChI=1S/C17H35N3O2/c1-14(17(2,3)4)11-16(22)19(6)12-15(21)13-20-9-7-18(5)8-10-20/h14-15,21H,7-13H2,1-6H3. The Bertz CT molecular complexity index is 346. The minimum absolute atomic E-state index is 0.125. The van der Waals surface area contributed by atoms with Gasteiger partial charge in [-0.3, -0.25) is 9.69 Å². The Morgan fingerprint density at radius 3 is 2.27 bits per heavy atom. The maximum absolute atomic E-state index is 12.3. The van der Waals surface area contributed by atoms with E-state index in [1.165, 1.54) is 0 Å². The van der Waals surface area contributed by atoms with Gasteiger partial charge in [0.15, 0.2) is 0 Å². The average Bonchev–Trinajstić information content (AvgIpc) is 2.40. The molecule has 1 rings (SSSR count). The molecule has 0 aromatic heterocycles. The molecule has 0 bridgehead atoms. The molecule has 130 valence electrons. The van der Waals surface area contributed by atoms with Crippen molar-refractivity contribution in [2.24, 2.45) is 11.3 Å². The van der Waals surface area contributed by atoms with Crippen molar-refractivity contribution in [2.75, 3.05) is 53.4 Å². The molecular formula is C17H35N3O2. The Labute approximate surface area is 136 Å². The minimum Gasteiger partial charge on any atom is -0.390 e. The first-order valence-electron chi connectivity index (χ1n) is 8.42. The number of β-amino-alcohol motifs (C(OH)–C–C–N with tert-alkyl or cyclic N) is 1. The van der Waals surface area contributed by atoms with E-state index in [1.807, 2.05) is 0 Å². The van der Waals surface area contributed by atoms with Crippen molar-refractivity contribution >= 4 is 5.91 Å². The summed E-state index contributed by atoms with van der Waals surface area (Å²) in [5, 5.41) is 10.2. The number of rotatable bonds is 6. The molecule has 5 nitrogen and oxygen atoms in total. The molecule has 22 heavy (non-hydrogen) atoms. The minimum atomic E-state index is -0.470. The normalized spacial score (nSPS) is 20.7. The van der Waals surface area contributed by atoms with E-state index in [0.29, 0.717) is 25.4 Å². The smallest absolute Gasteiger partial charge is 0.222 e. The monoisotopic (exact) mass is 313 g/mol. The van der Waals surface area contributed by atoms with Gasteiger partial charge in [0.25, 0.3) is 0 Å². The van der Waals surface area contributed by atoms with E-state index >= 15 is 0 Å². The van der Waals surface area contributed by atoms with E-state index < -0.39 is 6.10 Å². The lowest BCUT2D eigenvalue weighted by Crippen LogP contribution is -2.49. The largest absolute Gasteiger partial charge is 0.390 e. The third kappa shape index (κ3) is 6.63. The van der Waals surface area contributed by atoms with Crippen LogP contribution in [0.5, 0.6) is 0 Å². The fourth-order valence-electron chi connectivity index (χ4n) is 2.53. The summed E-state index contributed by atoms with van der Waals surface area (Å²) in [6.45, 7) is 13.7. The highest BCUT2D eigenvalue weighted by Crippen LogP contribution is 2.28. The van der Waals surface area contributed by atoms with Crippen LogP contribution in [0.25, 0.3) is 0 Å². The number of carbonyl (C=O) groups excluding carboxylic acids is 1. The van der Waals surface area contributed by atoms with Gasteiger partial charge < -0.3 is 14.9 Å². The van der Waals surface area contributed by atoms with Crippen LogP contribution in [0.4, 0.5) is 0 Å². The topological polar surface area (TPSA) is 47.0 Å². The van der Waals surface area contributed by atoms with Crippen LogP contribution < -0.4 is 0 Å². The van der Waals surface area contributed by atoms with Crippen molar-refractivity contribution in [1.29, 1.82) is 0 Å². The number of aliphatic hydroxyl groups excluding tert-OH is 1. The van der Waals surface area contributed by atoms with Crippen LogP contribution in [-0.2, 0) is 4.79 Å². The molecule has 1 fully saturated rings. The zero-order chi connectivity index (χ0) is 16.9. The van der Waals surface area contributed by atoms with Gasteiger partial charge in [0.2, 0.25) is 5.91 Å². The highest BCUT2D eigenvalue weighted by molar-refractivity contribution is 5.76. The first-order chi connectivity index (χ1) is 10.1.